The lowest BCUT2D eigenvalue weighted by atomic mass is 9.97. The van der Waals surface area contributed by atoms with Crippen LogP contribution in [0.4, 0.5) is 5.82 Å². The monoisotopic (exact) mass is 460 g/mol. The number of hydrogen-bond donors (Lipinski definition) is 1. The molecule has 7 heteroatoms. The second-order valence-corrected chi connectivity index (χ2v) is 8.61. The maximum absolute atomic E-state index is 12.8. The van der Waals surface area contributed by atoms with Crippen LogP contribution in [0.15, 0.2) is 54.6 Å². The van der Waals surface area contributed by atoms with E-state index in [4.69, 9.17) is 9.47 Å². The van der Waals surface area contributed by atoms with E-state index in [-0.39, 0.29) is 11.8 Å². The summed E-state index contributed by atoms with van der Waals surface area (Å²) in [6, 6.07) is 18.0. The van der Waals surface area contributed by atoms with Crippen LogP contribution in [-0.2, 0) is 11.2 Å². The van der Waals surface area contributed by atoms with Crippen molar-refractivity contribution in [3.8, 4) is 22.8 Å². The van der Waals surface area contributed by atoms with Crippen LogP contribution in [0.2, 0.25) is 0 Å². The molecule has 0 aliphatic carbocycles. The largest absolute Gasteiger partial charge is 0.493 e. The van der Waals surface area contributed by atoms with Crippen molar-refractivity contribution in [1.82, 2.24) is 15.5 Å². The second kappa shape index (κ2) is 11.0. The standard InChI is InChI=1S/C27H32N4O3/c1-19-7-4-5-9-22(19)23-11-13-26(30-29-23)31-16-6-8-21(18-31)27(32)28-15-14-20-10-12-24(33-2)25(17-20)34-3/h4-5,7,9-13,17,21H,6,8,14-16,18H2,1-3H3,(H,28,32). The van der Waals surface area contributed by atoms with Crippen LogP contribution in [0.5, 0.6) is 11.5 Å². The maximum Gasteiger partial charge on any atom is 0.224 e. The third kappa shape index (κ3) is 5.47. The van der Waals surface area contributed by atoms with Gasteiger partial charge in [0.1, 0.15) is 0 Å². The molecular weight excluding hydrogens is 428 g/mol. The van der Waals surface area contributed by atoms with Crippen molar-refractivity contribution in [2.45, 2.75) is 26.2 Å². The topological polar surface area (TPSA) is 76.6 Å². The molecule has 34 heavy (non-hydrogen) atoms. The highest BCUT2D eigenvalue weighted by Crippen LogP contribution is 2.28. The van der Waals surface area contributed by atoms with Gasteiger partial charge in [-0.1, -0.05) is 30.3 Å². The Morgan fingerprint density at radius 2 is 1.88 bits per heavy atom. The number of carbonyl (C=O) groups excluding carboxylic acids is 1. The molecule has 1 aromatic heterocycles. The van der Waals surface area contributed by atoms with Crippen LogP contribution in [0.3, 0.4) is 0 Å². The van der Waals surface area contributed by atoms with E-state index in [0.717, 1.165) is 48.4 Å². The minimum atomic E-state index is -0.0583. The van der Waals surface area contributed by atoms with E-state index < -0.39 is 0 Å². The number of benzene rings is 2. The number of aromatic nitrogens is 2. The van der Waals surface area contributed by atoms with Gasteiger partial charge in [-0.25, -0.2) is 0 Å². The van der Waals surface area contributed by atoms with Crippen LogP contribution in [-0.4, -0.2) is 50.0 Å². The number of methoxy groups -OCH3 is 2. The van der Waals surface area contributed by atoms with Gasteiger partial charge in [0.15, 0.2) is 17.3 Å². The van der Waals surface area contributed by atoms with Crippen molar-refractivity contribution in [3.63, 3.8) is 0 Å². The van der Waals surface area contributed by atoms with Gasteiger partial charge in [0.25, 0.3) is 0 Å². The number of hydrogen-bond acceptors (Lipinski definition) is 6. The van der Waals surface area contributed by atoms with E-state index in [1.165, 1.54) is 5.56 Å². The van der Waals surface area contributed by atoms with Gasteiger partial charge < -0.3 is 19.7 Å². The molecule has 1 atom stereocenters. The summed E-state index contributed by atoms with van der Waals surface area (Å²) < 4.78 is 10.6. The summed E-state index contributed by atoms with van der Waals surface area (Å²) in [5, 5.41) is 12.0. The zero-order valence-electron chi connectivity index (χ0n) is 20.1. The van der Waals surface area contributed by atoms with Gasteiger partial charge in [-0.05, 0) is 61.6 Å². The van der Waals surface area contributed by atoms with Gasteiger partial charge in [-0.15, -0.1) is 10.2 Å². The molecule has 3 aromatic rings. The van der Waals surface area contributed by atoms with Crippen LogP contribution < -0.4 is 19.7 Å². The Morgan fingerprint density at radius 3 is 2.62 bits per heavy atom. The minimum Gasteiger partial charge on any atom is -0.493 e. The predicted molar refractivity (Wildman–Crippen MR) is 133 cm³/mol. The molecule has 2 aromatic carbocycles. The predicted octanol–water partition coefficient (Wildman–Crippen LogP) is 4.04. The molecule has 0 bridgehead atoms. The molecular formula is C27H32N4O3. The normalized spacial score (nSPS) is 15.6. The quantitative estimate of drug-likeness (QED) is 0.547. The van der Waals surface area contributed by atoms with Gasteiger partial charge in [-0.3, -0.25) is 4.79 Å². The van der Waals surface area contributed by atoms with Crippen molar-refractivity contribution in [1.29, 1.82) is 0 Å². The first-order valence-corrected chi connectivity index (χ1v) is 11.7. The van der Waals surface area contributed by atoms with Gasteiger partial charge in [0.05, 0.1) is 25.8 Å². The first-order valence-electron chi connectivity index (χ1n) is 11.7. The molecule has 1 aliphatic rings. The summed E-state index contributed by atoms with van der Waals surface area (Å²) in [4.78, 5) is 15.0. The van der Waals surface area contributed by atoms with Crippen molar-refractivity contribution < 1.29 is 14.3 Å². The van der Waals surface area contributed by atoms with E-state index in [9.17, 15) is 4.79 Å². The highest BCUT2D eigenvalue weighted by molar-refractivity contribution is 5.79. The Hall–Kier alpha value is -3.61. The van der Waals surface area contributed by atoms with Crippen molar-refractivity contribution >= 4 is 11.7 Å². The first-order chi connectivity index (χ1) is 16.6. The third-order valence-electron chi connectivity index (χ3n) is 6.35. The Balaban J connectivity index is 1.32. The van der Waals surface area contributed by atoms with Crippen LogP contribution in [0.25, 0.3) is 11.3 Å². The van der Waals surface area contributed by atoms with E-state index in [0.29, 0.717) is 24.6 Å². The van der Waals surface area contributed by atoms with Gasteiger partial charge in [0, 0.05) is 25.2 Å². The average Bonchev–Trinajstić information content (AvgIpc) is 2.89. The van der Waals surface area contributed by atoms with E-state index in [2.05, 4.69) is 39.5 Å². The second-order valence-electron chi connectivity index (χ2n) is 8.61. The van der Waals surface area contributed by atoms with Crippen molar-refractivity contribution in [3.05, 3.63) is 65.7 Å². The average molecular weight is 461 g/mol. The Kier molecular flexibility index (Phi) is 7.62. The number of aryl methyl sites for hydroxylation is 1. The fourth-order valence-corrected chi connectivity index (χ4v) is 4.41. The van der Waals surface area contributed by atoms with Crippen molar-refractivity contribution in [2.75, 3.05) is 38.8 Å². The number of piperidine rings is 1. The molecule has 0 radical (unpaired) electrons. The van der Waals surface area contributed by atoms with Crippen LogP contribution in [0.1, 0.15) is 24.0 Å². The summed E-state index contributed by atoms with van der Waals surface area (Å²) in [6.45, 7) is 4.19. The van der Waals surface area contributed by atoms with Crippen LogP contribution in [0, 0.1) is 12.8 Å². The Labute approximate surface area is 201 Å². The molecule has 1 unspecified atom stereocenters. The number of rotatable bonds is 8. The van der Waals surface area contributed by atoms with E-state index >= 15 is 0 Å². The molecule has 0 saturated carbocycles. The lowest BCUT2D eigenvalue weighted by Gasteiger charge is -2.32. The smallest absolute Gasteiger partial charge is 0.224 e. The third-order valence-corrected chi connectivity index (χ3v) is 6.35. The minimum absolute atomic E-state index is 0.0583. The van der Waals surface area contributed by atoms with Gasteiger partial charge in [0.2, 0.25) is 5.91 Å². The SMILES string of the molecule is COc1ccc(CCNC(=O)C2CCCN(c3ccc(-c4ccccc4C)nn3)C2)cc1OC. The summed E-state index contributed by atoms with van der Waals surface area (Å²) in [5.41, 5.74) is 4.22. The number of carbonyl (C=O) groups is 1. The Bertz CT molecular complexity index is 1120. The molecule has 1 fully saturated rings. The fraction of sp³-hybridized carbons (Fsp3) is 0.370. The van der Waals surface area contributed by atoms with E-state index in [1.807, 2.05) is 42.5 Å². The molecule has 178 valence electrons. The summed E-state index contributed by atoms with van der Waals surface area (Å²) in [6.07, 6.45) is 2.57. The lowest BCUT2D eigenvalue weighted by molar-refractivity contribution is -0.125. The number of ether oxygens (including phenoxy) is 2. The molecule has 1 amide bonds. The molecule has 1 saturated heterocycles. The fourth-order valence-electron chi connectivity index (χ4n) is 4.41. The maximum atomic E-state index is 12.8. The number of nitrogens with one attached hydrogen (secondary N) is 1. The highest BCUT2D eigenvalue weighted by Gasteiger charge is 2.26. The summed E-state index contributed by atoms with van der Waals surface area (Å²) in [5.74, 6) is 2.25. The Morgan fingerprint density at radius 1 is 1.06 bits per heavy atom. The zero-order chi connectivity index (χ0) is 23.9. The van der Waals surface area contributed by atoms with Gasteiger partial charge in [-0.2, -0.15) is 0 Å². The zero-order valence-corrected chi connectivity index (χ0v) is 20.1. The first kappa shape index (κ1) is 23.5. The number of nitrogens with zero attached hydrogens (tertiary/aromatic N) is 3. The van der Waals surface area contributed by atoms with Crippen molar-refractivity contribution in [2.24, 2.45) is 5.92 Å². The molecule has 0 spiro atoms. The number of amides is 1. The molecule has 2 heterocycles. The van der Waals surface area contributed by atoms with Crippen LogP contribution >= 0.6 is 0 Å². The molecule has 1 N–H and O–H groups in total. The molecule has 7 nitrogen and oxygen atoms in total. The highest BCUT2D eigenvalue weighted by atomic mass is 16.5. The summed E-state index contributed by atoms with van der Waals surface area (Å²) >= 11 is 0. The van der Waals surface area contributed by atoms with E-state index in [1.54, 1.807) is 14.2 Å². The molecule has 4 rings (SSSR count). The lowest BCUT2D eigenvalue weighted by Crippen LogP contribution is -2.43. The summed E-state index contributed by atoms with van der Waals surface area (Å²) in [7, 11) is 3.24. The molecule has 1 aliphatic heterocycles. The number of anilines is 1. The van der Waals surface area contributed by atoms with Gasteiger partial charge >= 0.3 is 0 Å².